The normalized spacial score (nSPS) is 11.0. The average Bonchev–Trinajstić information content (AvgIpc) is 3.05. The number of aromatic nitrogens is 1. The van der Waals surface area contributed by atoms with E-state index in [1.165, 1.54) is 0 Å². The van der Waals surface area contributed by atoms with Crippen molar-refractivity contribution in [3.8, 4) is 11.1 Å². The smallest absolute Gasteiger partial charge is 0.338 e. The monoisotopic (exact) mass is 451 g/mol. The molecule has 0 radical (unpaired) electrons. The van der Waals surface area contributed by atoms with E-state index in [0.717, 1.165) is 22.2 Å². The van der Waals surface area contributed by atoms with Crippen molar-refractivity contribution in [2.24, 2.45) is 0 Å². The summed E-state index contributed by atoms with van der Waals surface area (Å²) in [7, 11) is 0. The molecular formula is C25H19Cl2NO3. The van der Waals surface area contributed by atoms with Gasteiger partial charge in [0.05, 0.1) is 39.0 Å². The maximum Gasteiger partial charge on any atom is 0.338 e. The number of hydrogen-bond acceptors (Lipinski definition) is 3. The molecule has 0 aliphatic rings. The van der Waals surface area contributed by atoms with Crippen LogP contribution in [0.25, 0.3) is 16.6 Å². The topological polar surface area (TPSA) is 47.8 Å². The van der Waals surface area contributed by atoms with Gasteiger partial charge in [0.1, 0.15) is 0 Å². The first-order chi connectivity index (χ1) is 14.9. The number of ketones is 1. The van der Waals surface area contributed by atoms with Crippen LogP contribution in [0.4, 0.5) is 0 Å². The van der Waals surface area contributed by atoms with Gasteiger partial charge in [-0.25, -0.2) is 4.79 Å². The summed E-state index contributed by atoms with van der Waals surface area (Å²) in [6.07, 6.45) is 1.84. The van der Waals surface area contributed by atoms with Crippen molar-refractivity contribution in [3.63, 3.8) is 0 Å². The van der Waals surface area contributed by atoms with Crippen molar-refractivity contribution in [1.82, 2.24) is 4.40 Å². The van der Waals surface area contributed by atoms with Gasteiger partial charge in [-0.15, -0.1) is 0 Å². The number of carbonyl (C=O) groups is 2. The van der Waals surface area contributed by atoms with Crippen molar-refractivity contribution in [2.75, 3.05) is 6.61 Å². The van der Waals surface area contributed by atoms with Crippen LogP contribution in [0.3, 0.4) is 0 Å². The third-order valence-corrected chi connectivity index (χ3v) is 5.81. The van der Waals surface area contributed by atoms with Crippen LogP contribution in [0.2, 0.25) is 10.0 Å². The van der Waals surface area contributed by atoms with E-state index < -0.39 is 0 Å². The van der Waals surface area contributed by atoms with Crippen LogP contribution < -0.4 is 0 Å². The molecule has 0 bridgehead atoms. The lowest BCUT2D eigenvalue weighted by molar-refractivity contribution is 0.0526. The van der Waals surface area contributed by atoms with E-state index in [1.807, 2.05) is 47.9 Å². The van der Waals surface area contributed by atoms with Gasteiger partial charge in [0.15, 0.2) is 0 Å². The van der Waals surface area contributed by atoms with Crippen LogP contribution in [0.5, 0.6) is 0 Å². The molecule has 31 heavy (non-hydrogen) atoms. The fourth-order valence-electron chi connectivity index (χ4n) is 3.80. The number of nitrogens with zero attached hydrogens (tertiary/aromatic N) is 1. The molecule has 0 saturated heterocycles. The molecule has 0 aliphatic carbocycles. The van der Waals surface area contributed by atoms with E-state index in [4.69, 9.17) is 27.9 Å². The summed E-state index contributed by atoms with van der Waals surface area (Å²) in [5, 5.41) is 0.617. The highest BCUT2D eigenvalue weighted by molar-refractivity contribution is 6.41. The minimum atomic E-state index is -0.364. The van der Waals surface area contributed by atoms with Gasteiger partial charge >= 0.3 is 5.97 Å². The molecule has 0 amide bonds. The lowest BCUT2D eigenvalue weighted by atomic mass is 9.98. The number of halogens is 2. The second-order valence-electron chi connectivity index (χ2n) is 7.03. The Labute approximate surface area is 190 Å². The van der Waals surface area contributed by atoms with Gasteiger partial charge in [-0.05, 0) is 61.4 Å². The molecule has 6 heteroatoms. The molecule has 4 nitrogen and oxygen atoms in total. The lowest BCUT2D eigenvalue weighted by Gasteiger charge is -2.08. The van der Waals surface area contributed by atoms with Gasteiger partial charge in [0.2, 0.25) is 5.78 Å². The van der Waals surface area contributed by atoms with E-state index >= 15 is 0 Å². The zero-order valence-corrected chi connectivity index (χ0v) is 18.5. The highest BCUT2D eigenvalue weighted by Gasteiger charge is 2.25. The fourth-order valence-corrected chi connectivity index (χ4v) is 4.37. The summed E-state index contributed by atoms with van der Waals surface area (Å²) in [5.74, 6) is -0.611. The molecule has 2 heterocycles. The highest BCUT2D eigenvalue weighted by atomic mass is 35.5. The lowest BCUT2D eigenvalue weighted by Crippen LogP contribution is -2.08. The van der Waals surface area contributed by atoms with Crippen LogP contribution in [-0.2, 0) is 4.74 Å². The molecule has 0 fully saturated rings. The molecule has 0 N–H and O–H groups in total. The quantitative estimate of drug-likeness (QED) is 0.252. The molecule has 2 aromatic carbocycles. The first-order valence-electron chi connectivity index (χ1n) is 9.80. The highest BCUT2D eigenvalue weighted by Crippen LogP contribution is 2.36. The van der Waals surface area contributed by atoms with Crippen molar-refractivity contribution in [2.45, 2.75) is 13.8 Å². The second-order valence-corrected chi connectivity index (χ2v) is 7.84. The van der Waals surface area contributed by atoms with Crippen LogP contribution in [-0.4, -0.2) is 22.8 Å². The molecule has 0 unspecified atom stereocenters. The zero-order valence-electron chi connectivity index (χ0n) is 17.0. The summed E-state index contributed by atoms with van der Waals surface area (Å²) < 4.78 is 6.91. The zero-order chi connectivity index (χ0) is 22.1. The summed E-state index contributed by atoms with van der Waals surface area (Å²) in [5.41, 5.74) is 4.72. The SMILES string of the molecule is CCOC(=O)c1ccc(-c2c(C)c(C(=O)c3c(Cl)cccc3Cl)n3ccccc23)cc1. The van der Waals surface area contributed by atoms with Crippen molar-refractivity contribution in [3.05, 3.63) is 99.3 Å². The van der Waals surface area contributed by atoms with Gasteiger partial charge < -0.3 is 9.14 Å². The molecule has 4 rings (SSSR count). The van der Waals surface area contributed by atoms with Crippen LogP contribution in [0, 0.1) is 6.92 Å². The molecular weight excluding hydrogens is 433 g/mol. The van der Waals surface area contributed by atoms with Crippen molar-refractivity contribution < 1.29 is 14.3 Å². The number of fused-ring (bicyclic) bond motifs is 1. The Morgan fingerprint density at radius 2 is 1.61 bits per heavy atom. The van der Waals surface area contributed by atoms with Crippen molar-refractivity contribution >= 4 is 40.5 Å². The molecule has 0 atom stereocenters. The predicted octanol–water partition coefficient (Wildman–Crippen LogP) is 6.63. The van der Waals surface area contributed by atoms with Crippen LogP contribution in [0.1, 0.15) is 38.9 Å². The average molecular weight is 452 g/mol. The third-order valence-electron chi connectivity index (χ3n) is 5.18. The summed E-state index contributed by atoms with van der Waals surface area (Å²) in [6, 6.07) is 17.9. The summed E-state index contributed by atoms with van der Waals surface area (Å²) in [4.78, 5) is 25.5. The summed E-state index contributed by atoms with van der Waals surface area (Å²) in [6.45, 7) is 3.99. The number of rotatable bonds is 5. The number of hydrogen-bond donors (Lipinski definition) is 0. The first kappa shape index (κ1) is 21.2. The minimum Gasteiger partial charge on any atom is -0.462 e. The van der Waals surface area contributed by atoms with Gasteiger partial charge in [0, 0.05) is 11.8 Å². The Balaban J connectivity index is 1.89. The first-order valence-corrected chi connectivity index (χ1v) is 10.6. The molecule has 2 aromatic heterocycles. The standard InChI is InChI=1S/C25H19Cl2NO3/c1-3-31-25(30)17-12-10-16(11-13-17)21-15(2)23(28-14-5-4-9-20(21)28)24(29)22-18(26)7-6-8-19(22)27/h4-14H,3H2,1-2H3. The van der Waals surface area contributed by atoms with E-state index in [0.29, 0.717) is 27.9 Å². The maximum atomic E-state index is 13.5. The Morgan fingerprint density at radius 3 is 2.26 bits per heavy atom. The number of pyridine rings is 1. The third kappa shape index (κ3) is 3.73. The molecule has 0 aliphatic heterocycles. The van der Waals surface area contributed by atoms with Crippen LogP contribution >= 0.6 is 23.2 Å². The maximum absolute atomic E-state index is 13.5. The Kier molecular flexibility index (Phi) is 5.86. The Hall–Kier alpha value is -3.08. The van der Waals surface area contributed by atoms with Gasteiger partial charge in [-0.2, -0.15) is 0 Å². The van der Waals surface area contributed by atoms with E-state index in [2.05, 4.69) is 0 Å². The molecule has 156 valence electrons. The van der Waals surface area contributed by atoms with Gasteiger partial charge in [-0.3, -0.25) is 4.79 Å². The van der Waals surface area contributed by atoms with Crippen LogP contribution in [0.15, 0.2) is 66.9 Å². The molecule has 0 spiro atoms. The van der Waals surface area contributed by atoms with Gasteiger partial charge in [0.25, 0.3) is 0 Å². The number of benzene rings is 2. The molecule has 0 saturated carbocycles. The fraction of sp³-hybridized carbons (Fsp3) is 0.120. The number of esters is 1. The largest absolute Gasteiger partial charge is 0.462 e. The van der Waals surface area contributed by atoms with E-state index in [1.54, 1.807) is 37.3 Å². The number of ether oxygens (including phenoxy) is 1. The Bertz CT molecular complexity index is 1290. The van der Waals surface area contributed by atoms with E-state index in [9.17, 15) is 9.59 Å². The predicted molar refractivity (Wildman–Crippen MR) is 123 cm³/mol. The Morgan fingerprint density at radius 1 is 0.935 bits per heavy atom. The number of carbonyl (C=O) groups excluding carboxylic acids is 2. The summed E-state index contributed by atoms with van der Waals surface area (Å²) >= 11 is 12.6. The second kappa shape index (κ2) is 8.58. The minimum absolute atomic E-state index is 0.247. The van der Waals surface area contributed by atoms with Gasteiger partial charge in [-0.1, -0.05) is 47.5 Å². The van der Waals surface area contributed by atoms with E-state index in [-0.39, 0.29) is 17.3 Å². The van der Waals surface area contributed by atoms with Crippen molar-refractivity contribution in [1.29, 1.82) is 0 Å². The molecule has 4 aromatic rings.